The first kappa shape index (κ1) is 19.4. The summed E-state index contributed by atoms with van der Waals surface area (Å²) in [6, 6.07) is 5.58. The summed E-state index contributed by atoms with van der Waals surface area (Å²) in [6.07, 6.45) is 4.66. The Balaban J connectivity index is 2.85. The van der Waals surface area contributed by atoms with E-state index in [9.17, 15) is 9.59 Å². The Morgan fingerprint density at radius 1 is 1.33 bits per heavy atom. The van der Waals surface area contributed by atoms with Gasteiger partial charge in [0, 0.05) is 16.7 Å². The minimum Gasteiger partial charge on any atom is -0.338 e. The van der Waals surface area contributed by atoms with Crippen LogP contribution in [0.15, 0.2) is 36.4 Å². The second kappa shape index (κ2) is 8.87. The van der Waals surface area contributed by atoms with Gasteiger partial charge < -0.3 is 11.1 Å². The van der Waals surface area contributed by atoms with E-state index < -0.39 is 23.4 Å². The number of hydroxylamine groups is 1. The van der Waals surface area contributed by atoms with E-state index in [1.807, 2.05) is 13.0 Å². The molecule has 0 radical (unpaired) electrons. The van der Waals surface area contributed by atoms with Gasteiger partial charge in [-0.05, 0) is 50.6 Å². The lowest BCUT2D eigenvalue weighted by atomic mass is 9.95. The Morgan fingerprint density at radius 3 is 2.46 bits per heavy atom. The average molecular weight is 329 g/mol. The maximum atomic E-state index is 12.3. The van der Waals surface area contributed by atoms with Gasteiger partial charge in [-0.1, -0.05) is 24.8 Å². The van der Waals surface area contributed by atoms with Crippen molar-refractivity contribution in [3.05, 3.63) is 47.5 Å². The zero-order chi connectivity index (χ0) is 18.2. The zero-order valence-electron chi connectivity index (χ0n) is 14.1. The van der Waals surface area contributed by atoms with Crippen molar-refractivity contribution in [1.82, 2.24) is 10.8 Å². The molecule has 6 heteroatoms. The number of carbonyl (C=O) groups excluding carboxylic acids is 2. The maximum Gasteiger partial charge on any atom is 0.267 e. The van der Waals surface area contributed by atoms with Crippen molar-refractivity contribution < 1.29 is 14.8 Å². The molecule has 0 heterocycles. The van der Waals surface area contributed by atoms with E-state index in [2.05, 4.69) is 17.2 Å². The van der Waals surface area contributed by atoms with Gasteiger partial charge in [-0.15, -0.1) is 0 Å². The van der Waals surface area contributed by atoms with Crippen molar-refractivity contribution in [2.45, 2.75) is 38.8 Å². The molecule has 1 aromatic rings. The number of allylic oxidation sites excluding steroid dienone is 2. The minimum absolute atomic E-state index is 0.365. The summed E-state index contributed by atoms with van der Waals surface area (Å²) in [5.74, 6) is 4.61. The van der Waals surface area contributed by atoms with Crippen molar-refractivity contribution in [2.75, 3.05) is 0 Å². The van der Waals surface area contributed by atoms with Crippen LogP contribution < -0.4 is 16.5 Å². The van der Waals surface area contributed by atoms with Gasteiger partial charge in [-0.25, -0.2) is 5.48 Å². The Hall–Kier alpha value is -2.62. The summed E-state index contributed by atoms with van der Waals surface area (Å²) in [7, 11) is 0. The fraction of sp³-hybridized carbons (Fsp3) is 0.333. The molecule has 1 rings (SSSR count). The second-order valence-electron chi connectivity index (χ2n) is 5.86. The molecule has 2 amide bonds. The molecule has 0 unspecified atom stereocenters. The first-order valence-corrected chi connectivity index (χ1v) is 7.60. The normalized spacial score (nSPS) is 12.2. The molecular formula is C18H23N3O3. The fourth-order valence-corrected chi connectivity index (χ4v) is 1.88. The highest BCUT2D eigenvalue weighted by molar-refractivity contribution is 5.97. The molecule has 0 aliphatic heterocycles. The Labute approximate surface area is 142 Å². The quantitative estimate of drug-likeness (QED) is 0.372. The van der Waals surface area contributed by atoms with Gasteiger partial charge >= 0.3 is 0 Å². The predicted molar refractivity (Wildman–Crippen MR) is 92.2 cm³/mol. The van der Waals surface area contributed by atoms with Gasteiger partial charge in [0.05, 0.1) is 0 Å². The van der Waals surface area contributed by atoms with Crippen molar-refractivity contribution in [3.8, 4) is 11.8 Å². The van der Waals surface area contributed by atoms with Crippen LogP contribution in [0.2, 0.25) is 0 Å². The number of hydrogen-bond acceptors (Lipinski definition) is 4. The monoisotopic (exact) mass is 329 g/mol. The summed E-state index contributed by atoms with van der Waals surface area (Å²) in [5.41, 5.74) is 7.48. The Kier molecular flexibility index (Phi) is 7.18. The molecule has 0 bridgehead atoms. The molecule has 0 aliphatic carbocycles. The van der Waals surface area contributed by atoms with E-state index in [0.717, 1.165) is 12.0 Å². The molecule has 0 aliphatic rings. The van der Waals surface area contributed by atoms with Crippen LogP contribution in [0.1, 0.15) is 43.1 Å². The van der Waals surface area contributed by atoms with Gasteiger partial charge in [0.1, 0.15) is 6.04 Å². The van der Waals surface area contributed by atoms with Crippen molar-refractivity contribution in [3.63, 3.8) is 0 Å². The number of benzene rings is 1. The number of carbonyl (C=O) groups is 2. The molecule has 0 saturated carbocycles. The summed E-state index contributed by atoms with van der Waals surface area (Å²) in [4.78, 5) is 23.9. The van der Waals surface area contributed by atoms with E-state index >= 15 is 0 Å². The van der Waals surface area contributed by atoms with Crippen LogP contribution in [0.5, 0.6) is 0 Å². The fourth-order valence-electron chi connectivity index (χ4n) is 1.88. The van der Waals surface area contributed by atoms with Crippen molar-refractivity contribution >= 4 is 11.8 Å². The molecule has 0 saturated heterocycles. The number of nitrogens with one attached hydrogen (secondary N) is 2. The molecule has 128 valence electrons. The topological polar surface area (TPSA) is 104 Å². The van der Waals surface area contributed by atoms with E-state index in [4.69, 9.17) is 10.9 Å². The summed E-state index contributed by atoms with van der Waals surface area (Å²) < 4.78 is 0. The molecule has 5 N–H and O–H groups in total. The van der Waals surface area contributed by atoms with Crippen LogP contribution >= 0.6 is 0 Å². The van der Waals surface area contributed by atoms with Crippen molar-refractivity contribution in [2.24, 2.45) is 5.73 Å². The standard InChI is InChI=1S/C18H23N3O3/c1-4-5-6-7-8-13-9-11-14(12-10-13)16(22)20-15(17(23)21-24)18(2,3)19/h5-6,9-12,15,24H,4,19H2,1-3H3,(H,20,22)(H,21,23)/b6-5+/t15-/m1/s1. The van der Waals surface area contributed by atoms with Gasteiger partial charge in [-0.2, -0.15) is 0 Å². The number of hydrogen-bond donors (Lipinski definition) is 4. The molecule has 24 heavy (non-hydrogen) atoms. The molecule has 1 atom stereocenters. The molecule has 1 aromatic carbocycles. The third-order valence-electron chi connectivity index (χ3n) is 3.19. The second-order valence-corrected chi connectivity index (χ2v) is 5.86. The summed E-state index contributed by atoms with van der Waals surface area (Å²) in [5, 5.41) is 11.3. The van der Waals surface area contributed by atoms with Crippen LogP contribution in [0.3, 0.4) is 0 Å². The van der Waals surface area contributed by atoms with Gasteiger partial charge in [0.15, 0.2) is 0 Å². The van der Waals surface area contributed by atoms with Crippen LogP contribution in [0.25, 0.3) is 0 Å². The number of amides is 2. The first-order valence-electron chi connectivity index (χ1n) is 7.60. The molecule has 0 fully saturated rings. The number of nitrogens with two attached hydrogens (primary N) is 1. The van der Waals surface area contributed by atoms with Crippen molar-refractivity contribution in [1.29, 1.82) is 0 Å². The summed E-state index contributed by atoms with van der Waals surface area (Å²) >= 11 is 0. The van der Waals surface area contributed by atoms with E-state index in [1.165, 1.54) is 5.48 Å². The first-order chi connectivity index (χ1) is 11.3. The Morgan fingerprint density at radius 2 is 1.96 bits per heavy atom. The lowest BCUT2D eigenvalue weighted by Crippen LogP contribution is -2.61. The SMILES string of the molecule is CC/C=C/C#Cc1ccc(C(=O)N[C@H](C(=O)NO)C(C)(C)N)cc1. The maximum absolute atomic E-state index is 12.3. The highest BCUT2D eigenvalue weighted by Gasteiger charge is 2.33. The molecular weight excluding hydrogens is 306 g/mol. The molecule has 0 spiro atoms. The lowest BCUT2D eigenvalue weighted by Gasteiger charge is -2.29. The van der Waals surface area contributed by atoms with Crippen LogP contribution in [-0.2, 0) is 4.79 Å². The predicted octanol–water partition coefficient (Wildman–Crippen LogP) is 1.35. The zero-order valence-corrected chi connectivity index (χ0v) is 14.1. The highest BCUT2D eigenvalue weighted by Crippen LogP contribution is 2.09. The molecule has 0 aromatic heterocycles. The van der Waals surface area contributed by atoms with Gasteiger partial charge in [-0.3, -0.25) is 14.8 Å². The van der Waals surface area contributed by atoms with Crippen LogP contribution in [0.4, 0.5) is 0 Å². The third kappa shape index (κ3) is 5.88. The number of rotatable bonds is 5. The average Bonchev–Trinajstić information content (AvgIpc) is 2.55. The van der Waals surface area contributed by atoms with Crippen LogP contribution in [-0.4, -0.2) is 28.6 Å². The van der Waals surface area contributed by atoms with Crippen LogP contribution in [0, 0.1) is 11.8 Å². The smallest absolute Gasteiger partial charge is 0.267 e. The largest absolute Gasteiger partial charge is 0.338 e. The lowest BCUT2D eigenvalue weighted by molar-refractivity contribution is -0.132. The minimum atomic E-state index is -1.08. The van der Waals surface area contributed by atoms with E-state index in [0.29, 0.717) is 5.56 Å². The molecule has 6 nitrogen and oxygen atoms in total. The highest BCUT2D eigenvalue weighted by atomic mass is 16.5. The third-order valence-corrected chi connectivity index (χ3v) is 3.19. The van der Waals surface area contributed by atoms with E-state index in [-0.39, 0.29) is 0 Å². The Bertz CT molecular complexity index is 661. The summed E-state index contributed by atoms with van der Waals surface area (Å²) in [6.45, 7) is 5.18. The van der Waals surface area contributed by atoms with Gasteiger partial charge in [0.2, 0.25) is 0 Å². The van der Waals surface area contributed by atoms with Gasteiger partial charge in [0.25, 0.3) is 11.8 Å². The van der Waals surface area contributed by atoms with E-state index in [1.54, 1.807) is 44.2 Å².